The molecule has 0 aromatic heterocycles. The maximum Gasteiger partial charge on any atom is -0.00199 e. The summed E-state index contributed by atoms with van der Waals surface area (Å²) in [4.78, 5) is 0. The molecule has 0 heteroatoms. The number of benzene rings is 10. The Morgan fingerprint density at radius 2 is 0.760 bits per heavy atom. The van der Waals surface area contributed by atoms with Gasteiger partial charge in [0.2, 0.25) is 0 Å². The van der Waals surface area contributed by atoms with Crippen molar-refractivity contribution in [1.29, 1.82) is 0 Å². The van der Waals surface area contributed by atoms with Gasteiger partial charge in [0.05, 0.1) is 0 Å². The molecule has 0 saturated heterocycles. The smallest absolute Gasteiger partial charge is 0.00199 e. The van der Waals surface area contributed by atoms with E-state index in [4.69, 9.17) is 0 Å². The van der Waals surface area contributed by atoms with Crippen LogP contribution in [0.15, 0.2) is 194 Å². The van der Waals surface area contributed by atoms with E-state index in [2.05, 4.69) is 194 Å². The quantitative estimate of drug-likeness (QED) is 0.134. The van der Waals surface area contributed by atoms with E-state index in [1.54, 1.807) is 0 Å². The van der Waals surface area contributed by atoms with E-state index < -0.39 is 0 Å². The first kappa shape index (κ1) is 28.5. The average Bonchev–Trinajstić information content (AvgIpc) is 3.19. The second-order valence-electron chi connectivity index (χ2n) is 13.2. The predicted molar refractivity (Wildman–Crippen MR) is 216 cm³/mol. The third-order valence-electron chi connectivity index (χ3n) is 10.4. The van der Waals surface area contributed by atoms with Crippen LogP contribution in [0.25, 0.3) is 98.4 Å². The summed E-state index contributed by atoms with van der Waals surface area (Å²) in [6.45, 7) is 0. The molecule has 0 aliphatic rings. The van der Waals surface area contributed by atoms with Gasteiger partial charge in [0.1, 0.15) is 0 Å². The van der Waals surface area contributed by atoms with Crippen LogP contribution in [-0.4, -0.2) is 0 Å². The SMILES string of the molecule is c1ccc(-c2ccc3c(-c4ccc5ccccc5c4)c4ccccc4c(-c4ccccc4-c4cc5ccccc5c5ccccc45)c3c2)cc1. The Morgan fingerprint density at radius 3 is 1.56 bits per heavy atom. The van der Waals surface area contributed by atoms with Crippen molar-refractivity contribution in [2.45, 2.75) is 0 Å². The lowest BCUT2D eigenvalue weighted by Crippen LogP contribution is -1.94. The molecule has 0 heterocycles. The minimum atomic E-state index is 1.22. The zero-order chi connectivity index (χ0) is 33.0. The molecular formula is C50H32. The molecule has 0 saturated carbocycles. The molecule has 10 aromatic carbocycles. The Kier molecular flexibility index (Phi) is 6.60. The number of rotatable bonds is 4. The largest absolute Gasteiger partial charge is 0.0622 e. The van der Waals surface area contributed by atoms with E-state index in [0.29, 0.717) is 0 Å². The van der Waals surface area contributed by atoms with Gasteiger partial charge < -0.3 is 0 Å². The summed E-state index contributed by atoms with van der Waals surface area (Å²) in [6.07, 6.45) is 0. The van der Waals surface area contributed by atoms with Gasteiger partial charge in [-0.3, -0.25) is 0 Å². The summed E-state index contributed by atoms with van der Waals surface area (Å²) in [7, 11) is 0. The van der Waals surface area contributed by atoms with E-state index in [-0.39, 0.29) is 0 Å². The van der Waals surface area contributed by atoms with E-state index in [9.17, 15) is 0 Å². The highest BCUT2D eigenvalue weighted by atomic mass is 14.2. The molecule has 0 aliphatic carbocycles. The number of fused-ring (bicyclic) bond motifs is 6. The highest BCUT2D eigenvalue weighted by Crippen LogP contribution is 2.48. The molecule has 0 aliphatic heterocycles. The minimum Gasteiger partial charge on any atom is -0.0622 e. The lowest BCUT2D eigenvalue weighted by Gasteiger charge is -2.21. The number of hydrogen-bond donors (Lipinski definition) is 0. The second kappa shape index (κ2) is 11.6. The van der Waals surface area contributed by atoms with E-state index in [1.807, 2.05) is 0 Å². The summed E-state index contributed by atoms with van der Waals surface area (Å²) < 4.78 is 0. The Morgan fingerprint density at radius 1 is 0.200 bits per heavy atom. The first-order valence-electron chi connectivity index (χ1n) is 17.4. The Labute approximate surface area is 291 Å². The standard InChI is InChI=1S/C50H32/c1-2-14-33(15-3-1)36-28-29-46-48(31-36)50(45-25-13-12-24-44(45)49(46)38-27-26-34-16-4-5-17-35(34)30-38)43-23-11-10-22-42(43)47-32-37-18-6-7-19-39(37)40-20-8-9-21-41(40)47/h1-32H. The van der Waals surface area contributed by atoms with Gasteiger partial charge in [0, 0.05) is 0 Å². The van der Waals surface area contributed by atoms with Crippen molar-refractivity contribution in [2.24, 2.45) is 0 Å². The molecule has 0 bridgehead atoms. The van der Waals surface area contributed by atoms with Crippen LogP contribution >= 0.6 is 0 Å². The molecule has 0 unspecified atom stereocenters. The third kappa shape index (κ3) is 4.54. The van der Waals surface area contributed by atoms with Gasteiger partial charge in [0.15, 0.2) is 0 Å². The van der Waals surface area contributed by atoms with Crippen molar-refractivity contribution in [3.63, 3.8) is 0 Å². The van der Waals surface area contributed by atoms with Gasteiger partial charge >= 0.3 is 0 Å². The average molecular weight is 633 g/mol. The molecule has 0 spiro atoms. The summed E-state index contributed by atoms with van der Waals surface area (Å²) in [5.41, 5.74) is 9.95. The van der Waals surface area contributed by atoms with Crippen LogP contribution in [0, 0.1) is 0 Å². The van der Waals surface area contributed by atoms with Crippen LogP contribution in [0.1, 0.15) is 0 Å². The molecule has 0 fully saturated rings. The van der Waals surface area contributed by atoms with Crippen molar-refractivity contribution in [3.05, 3.63) is 194 Å². The Balaban J connectivity index is 1.34. The maximum atomic E-state index is 2.42. The molecule has 0 N–H and O–H groups in total. The van der Waals surface area contributed by atoms with E-state index >= 15 is 0 Å². The molecule has 10 rings (SSSR count). The fourth-order valence-corrected chi connectivity index (χ4v) is 8.15. The third-order valence-corrected chi connectivity index (χ3v) is 10.4. The van der Waals surface area contributed by atoms with Crippen molar-refractivity contribution < 1.29 is 0 Å². The van der Waals surface area contributed by atoms with Crippen molar-refractivity contribution in [2.75, 3.05) is 0 Å². The first-order chi connectivity index (χ1) is 24.8. The molecule has 232 valence electrons. The van der Waals surface area contributed by atoms with Gasteiger partial charge in [-0.25, -0.2) is 0 Å². The zero-order valence-electron chi connectivity index (χ0n) is 27.5. The fourth-order valence-electron chi connectivity index (χ4n) is 8.15. The first-order valence-corrected chi connectivity index (χ1v) is 17.4. The van der Waals surface area contributed by atoms with Crippen molar-refractivity contribution >= 4 is 53.9 Å². The second-order valence-corrected chi connectivity index (χ2v) is 13.2. The predicted octanol–water partition coefficient (Wildman–Crippen LogP) is 14.1. The zero-order valence-corrected chi connectivity index (χ0v) is 27.5. The van der Waals surface area contributed by atoms with Crippen LogP contribution in [0.2, 0.25) is 0 Å². The van der Waals surface area contributed by atoms with Gasteiger partial charge in [-0.15, -0.1) is 0 Å². The van der Waals surface area contributed by atoms with E-state index in [0.717, 1.165) is 0 Å². The molecule has 50 heavy (non-hydrogen) atoms. The van der Waals surface area contributed by atoms with Crippen LogP contribution in [0.4, 0.5) is 0 Å². The summed E-state index contributed by atoms with van der Waals surface area (Å²) >= 11 is 0. The van der Waals surface area contributed by atoms with Crippen LogP contribution in [0.5, 0.6) is 0 Å². The van der Waals surface area contributed by atoms with Gasteiger partial charge in [-0.05, 0) is 117 Å². The molecule has 0 radical (unpaired) electrons. The fraction of sp³-hybridized carbons (Fsp3) is 0. The highest BCUT2D eigenvalue weighted by molar-refractivity contribution is 6.24. The summed E-state index contributed by atoms with van der Waals surface area (Å²) in [5.74, 6) is 0. The maximum absolute atomic E-state index is 2.42. The molecule has 0 nitrogen and oxygen atoms in total. The normalized spacial score (nSPS) is 11.6. The van der Waals surface area contributed by atoms with Gasteiger partial charge in [-0.1, -0.05) is 176 Å². The lowest BCUT2D eigenvalue weighted by molar-refractivity contribution is 1.62. The summed E-state index contributed by atoms with van der Waals surface area (Å²) in [6, 6.07) is 71.4. The number of hydrogen-bond acceptors (Lipinski definition) is 0. The summed E-state index contributed by atoms with van der Waals surface area (Å²) in [5, 5.41) is 12.6. The molecule has 10 aromatic rings. The van der Waals surface area contributed by atoms with Gasteiger partial charge in [0.25, 0.3) is 0 Å². The minimum absolute atomic E-state index is 1.22. The van der Waals surface area contributed by atoms with Crippen LogP contribution < -0.4 is 0 Å². The van der Waals surface area contributed by atoms with Crippen LogP contribution in [0.3, 0.4) is 0 Å². The van der Waals surface area contributed by atoms with Gasteiger partial charge in [-0.2, -0.15) is 0 Å². The van der Waals surface area contributed by atoms with Crippen LogP contribution in [-0.2, 0) is 0 Å². The van der Waals surface area contributed by atoms with Crippen molar-refractivity contribution in [3.8, 4) is 44.5 Å². The Bertz CT molecular complexity index is 2910. The topological polar surface area (TPSA) is 0 Å². The highest BCUT2D eigenvalue weighted by Gasteiger charge is 2.21. The van der Waals surface area contributed by atoms with Crippen molar-refractivity contribution in [1.82, 2.24) is 0 Å². The molecule has 0 amide bonds. The molecule has 0 atom stereocenters. The monoisotopic (exact) mass is 632 g/mol. The lowest BCUT2D eigenvalue weighted by atomic mass is 9.82. The Hall–Kier alpha value is -6.50. The van der Waals surface area contributed by atoms with E-state index in [1.165, 1.54) is 98.4 Å². The molecular weight excluding hydrogens is 601 g/mol.